The molecule has 1 atom stereocenters. The van der Waals surface area contributed by atoms with E-state index in [4.69, 9.17) is 9.84 Å². The first kappa shape index (κ1) is 37.4. The zero-order valence-electron chi connectivity index (χ0n) is 25.9. The Kier molecular flexibility index (Phi) is 29.7. The summed E-state index contributed by atoms with van der Waals surface area (Å²) in [4.78, 5) is 23.0. The fourth-order valence-electron chi connectivity index (χ4n) is 4.84. The molecule has 0 aromatic heterocycles. The lowest BCUT2D eigenvalue weighted by molar-refractivity contribution is -0.147. The molecule has 0 rings (SSSR count). The van der Waals surface area contributed by atoms with Crippen molar-refractivity contribution in [2.24, 2.45) is 0 Å². The van der Waals surface area contributed by atoms with Crippen LogP contribution in [0.5, 0.6) is 0 Å². The molecule has 0 amide bonds. The number of ether oxygens (including phenoxy) is 1. The maximum Gasteiger partial charge on any atom is 0.306 e. The third kappa shape index (κ3) is 30.8. The number of rotatable bonds is 30. The molecule has 0 aliphatic rings. The van der Waals surface area contributed by atoms with Crippen molar-refractivity contribution < 1.29 is 19.4 Å². The summed E-state index contributed by atoms with van der Waals surface area (Å²) in [6.45, 7) is 4.45. The van der Waals surface area contributed by atoms with E-state index < -0.39 is 5.97 Å². The van der Waals surface area contributed by atoms with Gasteiger partial charge in [0.1, 0.15) is 6.10 Å². The number of hydrogen-bond acceptors (Lipinski definition) is 3. The predicted molar refractivity (Wildman–Crippen MR) is 167 cm³/mol. The van der Waals surface area contributed by atoms with Crippen molar-refractivity contribution >= 4 is 11.9 Å². The van der Waals surface area contributed by atoms with E-state index in [-0.39, 0.29) is 18.5 Å². The molecule has 4 nitrogen and oxygen atoms in total. The SMILES string of the molecule is CCCC/C=C\C(CCCCCCC(=O)O)OC(=O)CCCCCCCCC/C=C\CCCCCCCCC. The molecular weight excluding hydrogens is 484 g/mol. The number of allylic oxidation sites excluding steroid dienone is 3. The highest BCUT2D eigenvalue weighted by atomic mass is 16.5. The highest BCUT2D eigenvalue weighted by molar-refractivity contribution is 5.69. The van der Waals surface area contributed by atoms with Crippen molar-refractivity contribution in [2.75, 3.05) is 0 Å². The summed E-state index contributed by atoms with van der Waals surface area (Å²) in [5.41, 5.74) is 0. The summed E-state index contributed by atoms with van der Waals surface area (Å²) in [5.74, 6) is -0.799. The molecule has 39 heavy (non-hydrogen) atoms. The van der Waals surface area contributed by atoms with Crippen LogP contribution < -0.4 is 0 Å². The van der Waals surface area contributed by atoms with Crippen LogP contribution in [-0.4, -0.2) is 23.1 Å². The maximum atomic E-state index is 12.4. The van der Waals surface area contributed by atoms with E-state index in [9.17, 15) is 9.59 Å². The van der Waals surface area contributed by atoms with E-state index in [0.29, 0.717) is 6.42 Å². The highest BCUT2D eigenvalue weighted by Crippen LogP contribution is 2.15. The Morgan fingerprint density at radius 1 is 0.564 bits per heavy atom. The lowest BCUT2D eigenvalue weighted by atomic mass is 10.1. The second-order valence-electron chi connectivity index (χ2n) is 11.3. The summed E-state index contributed by atoms with van der Waals surface area (Å²) in [6, 6.07) is 0. The number of aliphatic carboxylic acids is 1. The van der Waals surface area contributed by atoms with Crippen LogP contribution >= 0.6 is 0 Å². The zero-order chi connectivity index (χ0) is 28.7. The molecule has 0 aliphatic heterocycles. The Hall–Kier alpha value is -1.58. The molecule has 1 unspecified atom stereocenters. The van der Waals surface area contributed by atoms with Gasteiger partial charge >= 0.3 is 11.9 Å². The molecular formula is C35H64O4. The number of carboxylic acids is 1. The smallest absolute Gasteiger partial charge is 0.306 e. The van der Waals surface area contributed by atoms with Crippen molar-refractivity contribution in [1.82, 2.24) is 0 Å². The van der Waals surface area contributed by atoms with Gasteiger partial charge in [-0.3, -0.25) is 9.59 Å². The van der Waals surface area contributed by atoms with Gasteiger partial charge in [-0.25, -0.2) is 0 Å². The van der Waals surface area contributed by atoms with Gasteiger partial charge in [0.2, 0.25) is 0 Å². The number of unbranched alkanes of at least 4 members (excludes halogenated alkanes) is 19. The van der Waals surface area contributed by atoms with Crippen LogP contribution in [0.25, 0.3) is 0 Å². The normalized spacial score (nSPS) is 12.5. The Morgan fingerprint density at radius 2 is 1.03 bits per heavy atom. The van der Waals surface area contributed by atoms with Crippen LogP contribution in [-0.2, 0) is 14.3 Å². The molecule has 0 fully saturated rings. The monoisotopic (exact) mass is 548 g/mol. The van der Waals surface area contributed by atoms with Crippen LogP contribution in [0.2, 0.25) is 0 Å². The van der Waals surface area contributed by atoms with Gasteiger partial charge in [-0.05, 0) is 63.9 Å². The average molecular weight is 549 g/mol. The first-order chi connectivity index (χ1) is 19.1. The van der Waals surface area contributed by atoms with Gasteiger partial charge in [0, 0.05) is 12.8 Å². The van der Waals surface area contributed by atoms with E-state index in [1.54, 1.807) is 0 Å². The lowest BCUT2D eigenvalue weighted by Crippen LogP contribution is -2.16. The van der Waals surface area contributed by atoms with Crippen LogP contribution in [0.4, 0.5) is 0 Å². The highest BCUT2D eigenvalue weighted by Gasteiger charge is 2.11. The Balaban J connectivity index is 3.76. The van der Waals surface area contributed by atoms with E-state index >= 15 is 0 Å². The molecule has 0 radical (unpaired) electrons. The van der Waals surface area contributed by atoms with Gasteiger partial charge in [-0.2, -0.15) is 0 Å². The maximum absolute atomic E-state index is 12.4. The third-order valence-corrected chi connectivity index (χ3v) is 7.38. The second-order valence-corrected chi connectivity index (χ2v) is 11.3. The Bertz CT molecular complexity index is 595. The van der Waals surface area contributed by atoms with Crippen molar-refractivity contribution in [2.45, 2.75) is 187 Å². The summed E-state index contributed by atoms with van der Waals surface area (Å²) in [6.07, 6.45) is 38.0. The molecule has 1 N–H and O–H groups in total. The van der Waals surface area contributed by atoms with Crippen molar-refractivity contribution in [1.29, 1.82) is 0 Å². The van der Waals surface area contributed by atoms with E-state index in [2.05, 4.69) is 38.2 Å². The number of esters is 1. The Morgan fingerprint density at radius 3 is 1.59 bits per heavy atom. The first-order valence-corrected chi connectivity index (χ1v) is 16.8. The Labute approximate surface area is 242 Å². The number of carbonyl (C=O) groups is 2. The van der Waals surface area contributed by atoms with Crippen molar-refractivity contribution in [3.8, 4) is 0 Å². The molecule has 0 aliphatic carbocycles. The minimum Gasteiger partial charge on any atom is -0.481 e. The van der Waals surface area contributed by atoms with Gasteiger partial charge in [0.05, 0.1) is 0 Å². The molecule has 4 heteroatoms. The largest absolute Gasteiger partial charge is 0.481 e. The zero-order valence-corrected chi connectivity index (χ0v) is 25.9. The standard InChI is InChI=1S/C35H64O4/c1-3-5-7-9-10-11-12-13-14-15-16-17-18-19-20-21-22-28-32-35(38)39-33(29-25-8-6-4-2)30-26-23-24-27-31-34(36)37/h14-15,25,29,33H,3-13,16-24,26-28,30-32H2,1-2H3,(H,36,37)/b15-14-,29-25-. The van der Waals surface area contributed by atoms with Gasteiger partial charge < -0.3 is 9.84 Å². The van der Waals surface area contributed by atoms with Crippen LogP contribution in [0.1, 0.15) is 181 Å². The first-order valence-electron chi connectivity index (χ1n) is 16.8. The minimum absolute atomic E-state index is 0.0747. The molecule has 0 aromatic carbocycles. The summed E-state index contributed by atoms with van der Waals surface area (Å²) in [5, 5.41) is 8.75. The summed E-state index contributed by atoms with van der Waals surface area (Å²) >= 11 is 0. The predicted octanol–water partition coefficient (Wildman–Crippen LogP) is 11.3. The van der Waals surface area contributed by atoms with Crippen LogP contribution in [0.15, 0.2) is 24.3 Å². The van der Waals surface area contributed by atoms with Crippen molar-refractivity contribution in [3.63, 3.8) is 0 Å². The summed E-state index contributed by atoms with van der Waals surface area (Å²) < 4.78 is 5.78. The molecule has 0 bridgehead atoms. The molecule has 0 spiro atoms. The molecule has 0 saturated heterocycles. The fraction of sp³-hybridized carbons (Fsp3) is 0.829. The molecule has 0 saturated carbocycles. The topological polar surface area (TPSA) is 63.6 Å². The molecule has 228 valence electrons. The van der Waals surface area contributed by atoms with E-state index in [0.717, 1.165) is 64.2 Å². The van der Waals surface area contributed by atoms with Crippen LogP contribution in [0.3, 0.4) is 0 Å². The van der Waals surface area contributed by atoms with Gasteiger partial charge in [0.25, 0.3) is 0 Å². The lowest BCUT2D eigenvalue weighted by Gasteiger charge is -2.15. The van der Waals surface area contributed by atoms with E-state index in [1.807, 2.05) is 0 Å². The minimum atomic E-state index is -0.724. The summed E-state index contributed by atoms with van der Waals surface area (Å²) in [7, 11) is 0. The van der Waals surface area contributed by atoms with Crippen molar-refractivity contribution in [3.05, 3.63) is 24.3 Å². The van der Waals surface area contributed by atoms with Gasteiger partial charge in [0.15, 0.2) is 0 Å². The molecule has 0 heterocycles. The van der Waals surface area contributed by atoms with Gasteiger partial charge in [-0.1, -0.05) is 128 Å². The average Bonchev–Trinajstić information content (AvgIpc) is 2.92. The number of hydrogen-bond donors (Lipinski definition) is 1. The molecule has 0 aromatic rings. The van der Waals surface area contributed by atoms with E-state index in [1.165, 1.54) is 89.9 Å². The number of carbonyl (C=O) groups excluding carboxylic acids is 1. The number of carboxylic acid groups (broad SMARTS) is 1. The quantitative estimate of drug-likeness (QED) is 0.0550. The van der Waals surface area contributed by atoms with Crippen LogP contribution in [0, 0.1) is 0 Å². The second kappa shape index (κ2) is 31.0. The van der Waals surface area contributed by atoms with Gasteiger partial charge in [-0.15, -0.1) is 0 Å². The fourth-order valence-corrected chi connectivity index (χ4v) is 4.84. The third-order valence-electron chi connectivity index (χ3n) is 7.38.